The molecule has 2 aromatic carbocycles. The van der Waals surface area contributed by atoms with Crippen molar-refractivity contribution in [3.8, 4) is 0 Å². The second-order valence-corrected chi connectivity index (χ2v) is 9.12. The van der Waals surface area contributed by atoms with Gasteiger partial charge in [0.15, 0.2) is 0 Å². The topological polar surface area (TPSA) is 63.7 Å². The Morgan fingerprint density at radius 1 is 1.03 bits per heavy atom. The molecule has 5 rings (SSSR count). The fourth-order valence-electron chi connectivity index (χ4n) is 5.17. The van der Waals surface area contributed by atoms with E-state index in [0.717, 1.165) is 6.42 Å². The molecule has 0 radical (unpaired) electrons. The number of carbonyl (C=O) groups is 3. The monoisotopic (exact) mass is 455 g/mol. The third-order valence-corrected chi connectivity index (χ3v) is 7.36. The summed E-state index contributed by atoms with van der Waals surface area (Å²) in [6, 6.07) is 11.4. The molecule has 7 heteroatoms. The van der Waals surface area contributed by atoms with Crippen LogP contribution in [0.5, 0.6) is 0 Å². The van der Waals surface area contributed by atoms with Crippen molar-refractivity contribution in [1.82, 2.24) is 0 Å². The van der Waals surface area contributed by atoms with Gasteiger partial charge in [0.25, 0.3) is 0 Å². The van der Waals surface area contributed by atoms with E-state index < -0.39 is 5.97 Å². The van der Waals surface area contributed by atoms with Crippen LogP contribution >= 0.6 is 23.2 Å². The van der Waals surface area contributed by atoms with Crippen molar-refractivity contribution in [3.05, 3.63) is 75.3 Å². The summed E-state index contributed by atoms with van der Waals surface area (Å²) in [5.41, 5.74) is 2.54. The number of imide groups is 1. The Morgan fingerprint density at radius 3 is 2.35 bits per heavy atom. The van der Waals surface area contributed by atoms with Crippen LogP contribution in [-0.2, 0) is 20.9 Å². The van der Waals surface area contributed by atoms with Crippen LogP contribution in [0.25, 0.3) is 0 Å². The van der Waals surface area contributed by atoms with Crippen LogP contribution in [0.4, 0.5) is 5.69 Å². The van der Waals surface area contributed by atoms with Gasteiger partial charge in [0.05, 0.1) is 23.1 Å². The van der Waals surface area contributed by atoms with Crippen LogP contribution in [-0.4, -0.2) is 17.8 Å². The number of fused-ring (bicyclic) bond motifs is 5. The Hall–Kier alpha value is -2.63. The molecule has 31 heavy (non-hydrogen) atoms. The number of amides is 2. The molecule has 158 valence electrons. The Kier molecular flexibility index (Phi) is 4.91. The van der Waals surface area contributed by atoms with E-state index in [-0.39, 0.29) is 42.1 Å². The summed E-state index contributed by atoms with van der Waals surface area (Å²) in [5, 5.41) is 0.844. The number of anilines is 1. The number of benzene rings is 2. The van der Waals surface area contributed by atoms with Gasteiger partial charge >= 0.3 is 5.97 Å². The molecular formula is C24H19Cl2NO4. The maximum atomic E-state index is 13.0. The Bertz CT molecular complexity index is 1120. The largest absolute Gasteiger partial charge is 0.457 e. The molecule has 1 saturated heterocycles. The van der Waals surface area contributed by atoms with E-state index in [0.29, 0.717) is 26.9 Å². The quantitative estimate of drug-likeness (QED) is 0.367. The number of allylic oxidation sites excluding steroid dienone is 2. The number of rotatable bonds is 4. The number of carbonyl (C=O) groups excluding carboxylic acids is 3. The van der Waals surface area contributed by atoms with Crippen molar-refractivity contribution in [1.29, 1.82) is 0 Å². The van der Waals surface area contributed by atoms with E-state index >= 15 is 0 Å². The highest BCUT2D eigenvalue weighted by Crippen LogP contribution is 2.55. The van der Waals surface area contributed by atoms with Crippen LogP contribution < -0.4 is 4.90 Å². The molecule has 4 atom stereocenters. The van der Waals surface area contributed by atoms with Crippen molar-refractivity contribution in [2.45, 2.75) is 20.0 Å². The molecule has 0 N–H and O–H groups in total. The second kappa shape index (κ2) is 7.50. The molecule has 5 nitrogen and oxygen atoms in total. The maximum absolute atomic E-state index is 13.0. The molecule has 2 aliphatic carbocycles. The van der Waals surface area contributed by atoms with Gasteiger partial charge in [-0.15, -0.1) is 0 Å². The lowest BCUT2D eigenvalue weighted by molar-refractivity contribution is -0.123. The van der Waals surface area contributed by atoms with Crippen molar-refractivity contribution in [2.24, 2.45) is 23.7 Å². The van der Waals surface area contributed by atoms with Gasteiger partial charge in [0.2, 0.25) is 11.8 Å². The van der Waals surface area contributed by atoms with Gasteiger partial charge < -0.3 is 4.74 Å². The highest BCUT2D eigenvalue weighted by molar-refractivity contribution is 6.36. The van der Waals surface area contributed by atoms with Crippen molar-refractivity contribution >= 4 is 46.7 Å². The molecule has 2 bridgehead atoms. The minimum absolute atomic E-state index is 0.0549. The summed E-state index contributed by atoms with van der Waals surface area (Å²) in [4.78, 5) is 39.7. The fraction of sp³-hybridized carbons (Fsp3) is 0.292. The number of nitrogens with zero attached hydrogens (tertiary/aromatic N) is 1. The van der Waals surface area contributed by atoms with Gasteiger partial charge in [0.1, 0.15) is 6.61 Å². The molecule has 3 aliphatic rings. The predicted octanol–water partition coefficient (Wildman–Crippen LogP) is 5.05. The molecule has 0 spiro atoms. The van der Waals surface area contributed by atoms with Crippen molar-refractivity contribution in [3.63, 3.8) is 0 Å². The number of ether oxygens (including phenoxy) is 1. The summed E-state index contributed by atoms with van der Waals surface area (Å²) in [5.74, 6) is -1.02. The number of esters is 1. The summed E-state index contributed by atoms with van der Waals surface area (Å²) in [6.45, 7) is 1.98. The lowest BCUT2D eigenvalue weighted by atomic mass is 9.82. The summed E-state index contributed by atoms with van der Waals surface area (Å²) >= 11 is 12.2. The second-order valence-electron chi connectivity index (χ2n) is 8.30. The van der Waals surface area contributed by atoms with Gasteiger partial charge in [-0.1, -0.05) is 40.9 Å². The standard InChI is InChI=1S/C24H19Cl2NO4/c1-12-9-14-10-16(12)21-20(14)22(28)27(23(21)29)15-7-5-13(6-8-15)24(30)31-11-17-18(25)3-2-4-19(17)26/h2-9,14,16,20-21H,10-11H2,1H3/t14-,16-,20-,21-/m0/s1. The summed E-state index contributed by atoms with van der Waals surface area (Å²) in [7, 11) is 0. The highest BCUT2D eigenvalue weighted by atomic mass is 35.5. The summed E-state index contributed by atoms with van der Waals surface area (Å²) < 4.78 is 5.33. The van der Waals surface area contributed by atoms with Crippen LogP contribution in [0.3, 0.4) is 0 Å². The zero-order chi connectivity index (χ0) is 21.9. The average molecular weight is 456 g/mol. The Balaban J connectivity index is 1.30. The first-order chi connectivity index (χ1) is 14.9. The molecular weight excluding hydrogens is 437 g/mol. The lowest BCUT2D eigenvalue weighted by Crippen LogP contribution is -2.32. The number of hydrogen-bond acceptors (Lipinski definition) is 4. The van der Waals surface area contributed by atoms with Gasteiger partial charge in [-0.05, 0) is 61.6 Å². The zero-order valence-corrected chi connectivity index (χ0v) is 18.2. The van der Waals surface area contributed by atoms with Gasteiger partial charge in [0, 0.05) is 15.6 Å². The molecule has 1 saturated carbocycles. The summed E-state index contributed by atoms with van der Waals surface area (Å²) in [6.07, 6.45) is 3.04. The normalized spacial score (nSPS) is 26.3. The molecule has 2 amide bonds. The van der Waals surface area contributed by atoms with Crippen LogP contribution in [0, 0.1) is 23.7 Å². The highest BCUT2D eigenvalue weighted by Gasteiger charge is 2.60. The van der Waals surface area contributed by atoms with E-state index in [1.54, 1.807) is 42.5 Å². The fourth-order valence-corrected chi connectivity index (χ4v) is 5.67. The van der Waals surface area contributed by atoms with Gasteiger partial charge in [-0.25, -0.2) is 4.79 Å². The van der Waals surface area contributed by atoms with E-state index in [1.807, 2.05) is 6.92 Å². The molecule has 2 fully saturated rings. The minimum atomic E-state index is -0.545. The predicted molar refractivity (Wildman–Crippen MR) is 117 cm³/mol. The maximum Gasteiger partial charge on any atom is 0.338 e. The van der Waals surface area contributed by atoms with Gasteiger partial charge in [-0.2, -0.15) is 0 Å². The zero-order valence-electron chi connectivity index (χ0n) is 16.7. The Labute approximate surface area is 189 Å². The molecule has 1 heterocycles. The van der Waals surface area contributed by atoms with Crippen LogP contribution in [0.15, 0.2) is 54.1 Å². The Morgan fingerprint density at radius 2 is 1.68 bits per heavy atom. The molecule has 0 aromatic heterocycles. The van der Waals surface area contributed by atoms with Crippen molar-refractivity contribution in [2.75, 3.05) is 4.90 Å². The van der Waals surface area contributed by atoms with E-state index in [1.165, 1.54) is 10.5 Å². The van der Waals surface area contributed by atoms with Crippen LogP contribution in [0.1, 0.15) is 29.3 Å². The number of hydrogen-bond donors (Lipinski definition) is 0. The third kappa shape index (κ3) is 3.19. The van der Waals surface area contributed by atoms with E-state index in [9.17, 15) is 14.4 Å². The smallest absolute Gasteiger partial charge is 0.338 e. The lowest BCUT2D eigenvalue weighted by Gasteiger charge is -2.19. The first kappa shape index (κ1) is 20.3. The molecule has 1 aliphatic heterocycles. The average Bonchev–Trinajstić information content (AvgIpc) is 3.38. The third-order valence-electron chi connectivity index (χ3n) is 6.65. The van der Waals surface area contributed by atoms with Crippen LogP contribution in [0.2, 0.25) is 10.0 Å². The van der Waals surface area contributed by atoms with Crippen molar-refractivity contribution < 1.29 is 19.1 Å². The van der Waals surface area contributed by atoms with E-state index in [2.05, 4.69) is 6.08 Å². The minimum Gasteiger partial charge on any atom is -0.457 e. The van der Waals surface area contributed by atoms with E-state index in [4.69, 9.17) is 27.9 Å². The first-order valence-corrected chi connectivity index (χ1v) is 10.9. The number of halogens is 2. The van der Waals surface area contributed by atoms with Gasteiger partial charge in [-0.3, -0.25) is 14.5 Å². The molecule has 0 unspecified atom stereocenters. The first-order valence-electron chi connectivity index (χ1n) is 10.1. The SMILES string of the molecule is CC1=C[C@H]2C[C@@H]1[C@@H]1C(=O)N(c3ccc(C(=O)OCc4c(Cl)cccc4Cl)cc3)C(=O)[C@H]12. The molecule has 2 aromatic rings.